The topological polar surface area (TPSA) is 74.7 Å². The second-order valence-electron chi connectivity index (χ2n) is 6.19. The summed E-state index contributed by atoms with van der Waals surface area (Å²) in [5.41, 5.74) is 0. The fourth-order valence-electron chi connectivity index (χ4n) is 4.27. The lowest BCUT2D eigenvalue weighted by molar-refractivity contribution is -0.155. The van der Waals surface area contributed by atoms with Crippen LogP contribution in [0.2, 0.25) is 0 Å². The fraction of sp³-hybridized carbons (Fsp3) is 0.786. The number of carbonyl (C=O) groups is 3. The summed E-state index contributed by atoms with van der Waals surface area (Å²) in [5, 5.41) is 9.44. The molecule has 1 aliphatic heterocycles. The number of rotatable bonds is 5. The lowest BCUT2D eigenvalue weighted by Gasteiger charge is -2.28. The van der Waals surface area contributed by atoms with Crippen molar-refractivity contribution in [2.45, 2.75) is 28.5 Å². The number of fused-ring (bicyclic) bond motifs is 5. The van der Waals surface area contributed by atoms with E-state index < -0.39 is 12.0 Å². The van der Waals surface area contributed by atoms with Gasteiger partial charge in [-0.2, -0.15) is 11.8 Å². The largest absolute Gasteiger partial charge is 0.480 e. The Morgan fingerprint density at radius 1 is 1.27 bits per heavy atom. The molecule has 2 saturated carbocycles. The summed E-state index contributed by atoms with van der Waals surface area (Å²) >= 11 is 8.76. The molecule has 1 heterocycles. The summed E-state index contributed by atoms with van der Waals surface area (Å²) in [4.78, 5) is 38.4. The number of halogens is 2. The molecule has 1 N–H and O–H groups in total. The average molecular weight is 455 g/mol. The molecule has 0 aromatic heterocycles. The molecular weight excluding hydrogens is 438 g/mol. The molecule has 2 aliphatic carbocycles. The lowest BCUT2D eigenvalue weighted by atomic mass is 9.81. The van der Waals surface area contributed by atoms with E-state index in [1.807, 2.05) is 6.26 Å². The molecule has 3 rings (SSSR count). The molecule has 3 aliphatic rings. The van der Waals surface area contributed by atoms with Gasteiger partial charge in [-0.1, -0.05) is 31.9 Å². The zero-order chi connectivity index (χ0) is 16.2. The number of aliphatic carboxylic acids is 1. The molecule has 2 amide bonds. The zero-order valence-corrected chi connectivity index (χ0v) is 15.9. The minimum absolute atomic E-state index is 0.121. The van der Waals surface area contributed by atoms with Crippen molar-refractivity contribution in [1.82, 2.24) is 4.90 Å². The molecule has 22 heavy (non-hydrogen) atoms. The van der Waals surface area contributed by atoms with E-state index >= 15 is 0 Å². The smallest absolute Gasteiger partial charge is 0.326 e. The van der Waals surface area contributed by atoms with Crippen molar-refractivity contribution in [2.24, 2.45) is 23.7 Å². The van der Waals surface area contributed by atoms with Crippen molar-refractivity contribution in [3.05, 3.63) is 0 Å². The van der Waals surface area contributed by atoms with Crippen LogP contribution in [0.3, 0.4) is 0 Å². The molecule has 3 fully saturated rings. The SMILES string of the molecule is CSCC[C@@H](C(=O)O)N1C(=O)[C@@H]2[C@@H]3C[C@@H]([C@@H](Br)[C@H]3Br)[C@@H]2C1=O. The van der Waals surface area contributed by atoms with E-state index in [0.717, 1.165) is 11.3 Å². The monoisotopic (exact) mass is 453 g/mol. The summed E-state index contributed by atoms with van der Waals surface area (Å²) < 4.78 is 0. The number of carboxylic acid groups (broad SMARTS) is 1. The third kappa shape index (κ3) is 2.28. The Kier molecular flexibility index (Phi) is 4.64. The highest BCUT2D eigenvalue weighted by molar-refractivity contribution is 9.12. The first kappa shape index (κ1) is 16.8. The number of carboxylic acids is 1. The molecule has 0 spiro atoms. The maximum atomic E-state index is 12.7. The summed E-state index contributed by atoms with van der Waals surface area (Å²) in [6, 6.07) is -1.03. The van der Waals surface area contributed by atoms with E-state index in [1.165, 1.54) is 11.8 Å². The second kappa shape index (κ2) is 6.09. The Balaban J connectivity index is 1.88. The van der Waals surface area contributed by atoms with Gasteiger partial charge in [0.05, 0.1) is 11.8 Å². The molecule has 7 atom stereocenters. The van der Waals surface area contributed by atoms with Crippen LogP contribution in [-0.4, -0.2) is 55.5 Å². The fourth-order valence-corrected chi connectivity index (χ4v) is 6.60. The van der Waals surface area contributed by atoms with Gasteiger partial charge in [-0.05, 0) is 36.7 Å². The molecule has 0 unspecified atom stereocenters. The van der Waals surface area contributed by atoms with Gasteiger partial charge in [0.15, 0.2) is 0 Å². The van der Waals surface area contributed by atoms with Gasteiger partial charge in [-0.3, -0.25) is 14.5 Å². The van der Waals surface area contributed by atoms with Gasteiger partial charge in [-0.15, -0.1) is 0 Å². The second-order valence-corrected chi connectivity index (χ2v) is 9.29. The van der Waals surface area contributed by atoms with Crippen LogP contribution in [0.5, 0.6) is 0 Å². The van der Waals surface area contributed by atoms with Gasteiger partial charge in [0.2, 0.25) is 11.8 Å². The lowest BCUT2D eigenvalue weighted by Crippen LogP contribution is -2.46. The minimum Gasteiger partial charge on any atom is -0.480 e. The van der Waals surface area contributed by atoms with E-state index in [2.05, 4.69) is 31.9 Å². The van der Waals surface area contributed by atoms with Crippen molar-refractivity contribution in [3.8, 4) is 0 Å². The summed E-state index contributed by atoms with van der Waals surface area (Å²) in [7, 11) is 0. The average Bonchev–Trinajstić information content (AvgIpc) is 3.06. The normalized spacial score (nSPS) is 41.1. The number of nitrogens with zero attached hydrogens (tertiary/aromatic N) is 1. The quantitative estimate of drug-likeness (QED) is 0.507. The minimum atomic E-state index is -1.09. The maximum absolute atomic E-state index is 12.7. The zero-order valence-electron chi connectivity index (χ0n) is 11.9. The Hall–Kier alpha value is -0.0800. The van der Waals surface area contributed by atoms with Gasteiger partial charge >= 0.3 is 5.97 Å². The number of imide groups is 1. The van der Waals surface area contributed by atoms with Crippen LogP contribution >= 0.6 is 43.6 Å². The number of likely N-dealkylation sites (tertiary alicyclic amines) is 1. The highest BCUT2D eigenvalue weighted by Crippen LogP contribution is 2.60. The number of alkyl halides is 2. The Labute approximate surface area is 149 Å². The Morgan fingerprint density at radius 3 is 2.18 bits per heavy atom. The first-order valence-electron chi connectivity index (χ1n) is 7.27. The van der Waals surface area contributed by atoms with Crippen LogP contribution in [0.15, 0.2) is 0 Å². The first-order chi connectivity index (χ1) is 10.4. The Morgan fingerprint density at radius 2 is 1.77 bits per heavy atom. The van der Waals surface area contributed by atoms with Crippen molar-refractivity contribution in [3.63, 3.8) is 0 Å². The van der Waals surface area contributed by atoms with Gasteiger partial charge in [0.1, 0.15) is 6.04 Å². The maximum Gasteiger partial charge on any atom is 0.326 e. The third-order valence-electron chi connectivity index (χ3n) is 5.21. The van der Waals surface area contributed by atoms with Gasteiger partial charge in [0, 0.05) is 9.65 Å². The number of amides is 2. The highest BCUT2D eigenvalue weighted by Gasteiger charge is 2.67. The van der Waals surface area contributed by atoms with Crippen LogP contribution in [-0.2, 0) is 14.4 Å². The molecule has 0 aromatic rings. The van der Waals surface area contributed by atoms with Crippen LogP contribution < -0.4 is 0 Å². The summed E-state index contributed by atoms with van der Waals surface area (Å²) in [6.07, 6.45) is 3.04. The summed E-state index contributed by atoms with van der Waals surface area (Å²) in [6.45, 7) is 0. The third-order valence-corrected chi connectivity index (χ3v) is 9.06. The van der Waals surface area contributed by atoms with Crippen LogP contribution in [0.25, 0.3) is 0 Å². The number of hydrogen-bond acceptors (Lipinski definition) is 4. The standard InChI is InChI=1S/C14H17Br2NO4S/c1-22-3-2-7(14(20)21)17-12(18)8-5-4-6(9(8)13(17)19)11(16)10(5)15/h5-11H,2-4H2,1H3,(H,20,21)/t5-,6+,7-,8+,9-,10-,11+/m0/s1. The van der Waals surface area contributed by atoms with E-state index in [4.69, 9.17) is 0 Å². The van der Waals surface area contributed by atoms with Crippen LogP contribution in [0.4, 0.5) is 0 Å². The summed E-state index contributed by atoms with van der Waals surface area (Å²) in [5.74, 6) is -1.47. The number of hydrogen-bond donors (Lipinski definition) is 1. The highest BCUT2D eigenvalue weighted by atomic mass is 79.9. The molecule has 122 valence electrons. The molecule has 1 saturated heterocycles. The predicted octanol–water partition coefficient (Wildman–Crippen LogP) is 1.97. The van der Waals surface area contributed by atoms with Crippen molar-refractivity contribution in [2.75, 3.05) is 12.0 Å². The van der Waals surface area contributed by atoms with Crippen molar-refractivity contribution >= 4 is 61.4 Å². The van der Waals surface area contributed by atoms with Gasteiger partial charge in [0.25, 0.3) is 0 Å². The van der Waals surface area contributed by atoms with Gasteiger partial charge < -0.3 is 5.11 Å². The van der Waals surface area contributed by atoms with Crippen molar-refractivity contribution in [1.29, 1.82) is 0 Å². The van der Waals surface area contributed by atoms with E-state index in [9.17, 15) is 19.5 Å². The van der Waals surface area contributed by atoms with E-state index in [1.54, 1.807) is 0 Å². The molecule has 8 heteroatoms. The molecule has 0 radical (unpaired) electrons. The predicted molar refractivity (Wildman–Crippen MR) is 90.3 cm³/mol. The van der Waals surface area contributed by atoms with E-state index in [-0.39, 0.29) is 45.1 Å². The van der Waals surface area contributed by atoms with Crippen molar-refractivity contribution < 1.29 is 19.5 Å². The molecule has 5 nitrogen and oxygen atoms in total. The molecular formula is C14H17Br2NO4S. The van der Waals surface area contributed by atoms with Gasteiger partial charge in [-0.25, -0.2) is 4.79 Å². The molecule has 2 bridgehead atoms. The Bertz CT molecular complexity index is 499. The molecule has 0 aromatic carbocycles. The van der Waals surface area contributed by atoms with E-state index in [0.29, 0.717) is 12.2 Å². The number of thioether (sulfide) groups is 1. The number of carbonyl (C=O) groups excluding carboxylic acids is 2. The first-order valence-corrected chi connectivity index (χ1v) is 10.5. The van der Waals surface area contributed by atoms with Crippen LogP contribution in [0.1, 0.15) is 12.8 Å². The van der Waals surface area contributed by atoms with Crippen LogP contribution in [0, 0.1) is 23.7 Å².